The molecule has 2 heterocycles. The molecule has 0 aliphatic rings. The van der Waals surface area contributed by atoms with E-state index in [2.05, 4.69) is 9.97 Å². The van der Waals surface area contributed by atoms with Gasteiger partial charge in [-0.2, -0.15) is 13.2 Å². The average Bonchev–Trinajstić information content (AvgIpc) is 3.12. The number of carbonyl (C=O) groups is 1. The Morgan fingerprint density at radius 3 is 2.73 bits per heavy atom. The van der Waals surface area contributed by atoms with Crippen LogP contribution >= 0.6 is 11.3 Å². The first kappa shape index (κ1) is 18.1. The molecule has 3 rings (SSSR count). The second-order valence-corrected chi connectivity index (χ2v) is 6.40. The summed E-state index contributed by atoms with van der Waals surface area (Å²) in [5.74, 6) is -0.595. The van der Waals surface area contributed by atoms with Gasteiger partial charge in [0.1, 0.15) is 5.56 Å². The molecule has 0 saturated heterocycles. The van der Waals surface area contributed by atoms with Crippen molar-refractivity contribution in [3.63, 3.8) is 0 Å². The van der Waals surface area contributed by atoms with Crippen molar-refractivity contribution in [2.45, 2.75) is 19.5 Å². The van der Waals surface area contributed by atoms with Crippen LogP contribution in [0.3, 0.4) is 0 Å². The quantitative estimate of drug-likeness (QED) is 0.741. The van der Waals surface area contributed by atoms with Crippen LogP contribution in [-0.4, -0.2) is 22.4 Å². The molecule has 0 saturated carbocycles. The first-order valence-electron chi connectivity index (χ1n) is 7.77. The fraction of sp³-hybridized carbons (Fsp3) is 0.235. The molecule has 0 aliphatic carbocycles. The van der Waals surface area contributed by atoms with Gasteiger partial charge < -0.3 is 4.98 Å². The monoisotopic (exact) mass is 381 g/mol. The van der Waals surface area contributed by atoms with Gasteiger partial charge in [0.25, 0.3) is 5.91 Å². The summed E-state index contributed by atoms with van der Waals surface area (Å²) in [7, 11) is 0. The summed E-state index contributed by atoms with van der Waals surface area (Å²) in [5.41, 5.74) is -2.25. The lowest BCUT2D eigenvalue weighted by Crippen LogP contribution is -2.35. The number of fused-ring (bicyclic) bond motifs is 1. The van der Waals surface area contributed by atoms with E-state index in [1.807, 2.05) is 6.92 Å². The standard InChI is InChI=1S/C17H14F3N3O2S/c1-2-7-23(16-21-6-8-26-16)15(25)11-9-22-13-10(14(11)24)4-3-5-12(13)17(18,19)20/h3-6,8-9H,2,7H2,1H3,(H,22,24). The van der Waals surface area contributed by atoms with Crippen LogP contribution < -0.4 is 10.3 Å². The zero-order chi connectivity index (χ0) is 18.9. The number of alkyl halides is 3. The maximum absolute atomic E-state index is 13.1. The van der Waals surface area contributed by atoms with E-state index in [1.165, 1.54) is 28.5 Å². The van der Waals surface area contributed by atoms with Gasteiger partial charge in [-0.1, -0.05) is 13.0 Å². The Kier molecular flexibility index (Phi) is 4.82. The van der Waals surface area contributed by atoms with Crippen LogP contribution in [-0.2, 0) is 6.18 Å². The molecule has 1 amide bonds. The number of halogens is 3. The van der Waals surface area contributed by atoms with Crippen molar-refractivity contribution in [3.8, 4) is 0 Å². The van der Waals surface area contributed by atoms with Crippen LogP contribution in [0.1, 0.15) is 29.3 Å². The summed E-state index contributed by atoms with van der Waals surface area (Å²) in [6, 6.07) is 3.31. The number of H-pyrrole nitrogens is 1. The second kappa shape index (κ2) is 6.91. The number of hydrogen-bond acceptors (Lipinski definition) is 4. The van der Waals surface area contributed by atoms with Crippen LogP contribution in [0.5, 0.6) is 0 Å². The lowest BCUT2D eigenvalue weighted by atomic mass is 10.1. The summed E-state index contributed by atoms with van der Waals surface area (Å²) in [6.07, 6.45) is -1.40. The number of hydrogen-bond donors (Lipinski definition) is 1. The molecule has 0 aliphatic heterocycles. The largest absolute Gasteiger partial charge is 0.418 e. The molecule has 26 heavy (non-hydrogen) atoms. The van der Waals surface area contributed by atoms with E-state index in [0.29, 0.717) is 18.1 Å². The van der Waals surface area contributed by atoms with E-state index >= 15 is 0 Å². The number of aromatic nitrogens is 2. The maximum atomic E-state index is 13.1. The van der Waals surface area contributed by atoms with Crippen LogP contribution in [0, 0.1) is 0 Å². The maximum Gasteiger partial charge on any atom is 0.418 e. The van der Waals surface area contributed by atoms with Gasteiger partial charge in [-0.05, 0) is 18.6 Å². The van der Waals surface area contributed by atoms with Gasteiger partial charge >= 0.3 is 6.18 Å². The van der Waals surface area contributed by atoms with Crippen molar-refractivity contribution in [2.75, 3.05) is 11.4 Å². The Morgan fingerprint density at radius 1 is 1.35 bits per heavy atom. The van der Waals surface area contributed by atoms with E-state index in [-0.39, 0.29) is 16.5 Å². The van der Waals surface area contributed by atoms with Crippen LogP contribution in [0.15, 0.2) is 40.8 Å². The van der Waals surface area contributed by atoms with Crippen LogP contribution in [0.4, 0.5) is 18.3 Å². The minimum atomic E-state index is -4.61. The number of rotatable bonds is 4. The SMILES string of the molecule is CCCN(C(=O)c1c[nH]c2c(C(F)(F)F)cccc2c1=O)c1nccs1. The predicted octanol–water partition coefficient (Wildman–Crippen LogP) is 4.06. The van der Waals surface area contributed by atoms with Crippen molar-refractivity contribution >= 4 is 33.3 Å². The second-order valence-electron chi connectivity index (χ2n) is 5.53. The summed E-state index contributed by atoms with van der Waals surface area (Å²) in [5, 5.41) is 1.95. The third kappa shape index (κ3) is 3.22. The highest BCUT2D eigenvalue weighted by molar-refractivity contribution is 7.13. The minimum Gasteiger partial charge on any atom is -0.360 e. The van der Waals surface area contributed by atoms with Crippen LogP contribution in [0.2, 0.25) is 0 Å². The molecule has 1 N–H and O–H groups in total. The zero-order valence-corrected chi connectivity index (χ0v) is 14.4. The van der Waals surface area contributed by atoms with E-state index < -0.39 is 23.1 Å². The molecular formula is C17H14F3N3O2S. The molecule has 0 unspecified atom stereocenters. The van der Waals surface area contributed by atoms with Gasteiger partial charge in [-0.25, -0.2) is 4.98 Å². The number of para-hydroxylation sites is 1. The van der Waals surface area contributed by atoms with Gasteiger partial charge in [-0.15, -0.1) is 11.3 Å². The number of anilines is 1. The molecule has 0 atom stereocenters. The highest BCUT2D eigenvalue weighted by Gasteiger charge is 2.33. The number of nitrogens with one attached hydrogen (secondary N) is 1. The molecule has 0 spiro atoms. The van der Waals surface area contributed by atoms with E-state index in [9.17, 15) is 22.8 Å². The third-order valence-electron chi connectivity index (χ3n) is 3.79. The highest BCUT2D eigenvalue weighted by Crippen LogP contribution is 2.33. The molecule has 9 heteroatoms. The zero-order valence-electron chi connectivity index (χ0n) is 13.6. The fourth-order valence-electron chi connectivity index (χ4n) is 2.65. The molecule has 2 aromatic heterocycles. The van der Waals surface area contributed by atoms with E-state index in [4.69, 9.17) is 0 Å². The number of pyridine rings is 1. The smallest absolute Gasteiger partial charge is 0.360 e. The van der Waals surface area contributed by atoms with Gasteiger partial charge in [0.2, 0.25) is 5.43 Å². The first-order valence-corrected chi connectivity index (χ1v) is 8.65. The number of carbonyl (C=O) groups excluding carboxylic acids is 1. The number of amides is 1. The van der Waals surface area contributed by atoms with Gasteiger partial charge in [0, 0.05) is 29.7 Å². The summed E-state index contributed by atoms with van der Waals surface area (Å²) < 4.78 is 39.4. The van der Waals surface area contributed by atoms with Crippen molar-refractivity contribution in [1.82, 2.24) is 9.97 Å². The molecule has 0 bridgehead atoms. The molecule has 136 valence electrons. The van der Waals surface area contributed by atoms with Crippen molar-refractivity contribution in [1.29, 1.82) is 0 Å². The third-order valence-corrected chi connectivity index (χ3v) is 4.59. The van der Waals surface area contributed by atoms with Gasteiger partial charge in [-0.3, -0.25) is 14.5 Å². The molecule has 5 nitrogen and oxygen atoms in total. The molecular weight excluding hydrogens is 367 g/mol. The Labute approximate surface area is 150 Å². The summed E-state index contributed by atoms with van der Waals surface area (Å²) in [4.78, 5) is 33.4. The lowest BCUT2D eigenvalue weighted by Gasteiger charge is -2.19. The topological polar surface area (TPSA) is 66.1 Å². The van der Waals surface area contributed by atoms with Crippen molar-refractivity contribution in [3.05, 3.63) is 57.3 Å². The number of aromatic amines is 1. The minimum absolute atomic E-state index is 0.179. The highest BCUT2D eigenvalue weighted by atomic mass is 32.1. The lowest BCUT2D eigenvalue weighted by molar-refractivity contribution is -0.136. The number of benzene rings is 1. The average molecular weight is 381 g/mol. The van der Waals surface area contributed by atoms with E-state index in [1.54, 1.807) is 5.38 Å². The van der Waals surface area contributed by atoms with Crippen molar-refractivity contribution < 1.29 is 18.0 Å². The Hall–Kier alpha value is -2.68. The molecule has 1 aromatic carbocycles. The number of thiazole rings is 1. The Morgan fingerprint density at radius 2 is 2.12 bits per heavy atom. The Balaban J connectivity index is 2.13. The molecule has 0 radical (unpaired) electrons. The summed E-state index contributed by atoms with van der Waals surface area (Å²) >= 11 is 1.24. The van der Waals surface area contributed by atoms with Crippen molar-refractivity contribution in [2.24, 2.45) is 0 Å². The predicted molar refractivity (Wildman–Crippen MR) is 93.7 cm³/mol. The normalized spacial score (nSPS) is 11.7. The summed E-state index contributed by atoms with van der Waals surface area (Å²) in [6.45, 7) is 2.21. The van der Waals surface area contributed by atoms with E-state index in [0.717, 1.165) is 18.3 Å². The van der Waals surface area contributed by atoms with Crippen LogP contribution in [0.25, 0.3) is 10.9 Å². The fourth-order valence-corrected chi connectivity index (χ4v) is 3.32. The first-order chi connectivity index (χ1) is 12.3. The van der Waals surface area contributed by atoms with Gasteiger partial charge in [0.05, 0.1) is 11.1 Å². The Bertz CT molecular complexity index is 997. The molecule has 3 aromatic rings. The number of nitrogens with zero attached hydrogens (tertiary/aromatic N) is 2. The molecule has 0 fully saturated rings. The van der Waals surface area contributed by atoms with Gasteiger partial charge in [0.15, 0.2) is 5.13 Å².